The Bertz CT molecular complexity index is 1230. The summed E-state index contributed by atoms with van der Waals surface area (Å²) in [4.78, 5) is 25.2. The molecule has 8 nitrogen and oxygen atoms in total. The number of nitrogens with zero attached hydrogens (tertiary/aromatic N) is 4. The molecule has 0 saturated carbocycles. The summed E-state index contributed by atoms with van der Waals surface area (Å²) in [6.07, 6.45) is 0.684. The van der Waals surface area contributed by atoms with Gasteiger partial charge < -0.3 is 10.6 Å². The Morgan fingerprint density at radius 3 is 2.26 bits per heavy atom. The van der Waals surface area contributed by atoms with E-state index in [1.807, 2.05) is 48.5 Å². The lowest BCUT2D eigenvalue weighted by Crippen LogP contribution is -2.30. The zero-order valence-electron chi connectivity index (χ0n) is 18.6. The first kappa shape index (κ1) is 23.2. The second-order valence-corrected chi connectivity index (χ2v) is 8.57. The van der Waals surface area contributed by atoms with Gasteiger partial charge in [0.2, 0.25) is 11.1 Å². The highest BCUT2D eigenvalue weighted by atomic mass is 32.2. The Labute approximate surface area is 201 Å². The number of tetrazole rings is 1. The lowest BCUT2D eigenvalue weighted by atomic mass is 9.98. The van der Waals surface area contributed by atoms with E-state index in [9.17, 15) is 9.59 Å². The molecule has 2 N–H and O–H groups in total. The number of hydrogen-bond acceptors (Lipinski definition) is 6. The standard InChI is InChI=1S/C25H24N6O2S/c1-31-25(28-29-30-31)34-17-23(32)26-21-14-12-20(13-15-21)24(33)27-22(19-10-6-3-7-11-19)16-18-8-4-2-5-9-18/h2-15,22H,16-17H2,1H3,(H,26,32)(H,27,33)/t22-/m1/s1. The maximum atomic E-state index is 13.0. The Morgan fingerprint density at radius 1 is 0.941 bits per heavy atom. The first-order chi connectivity index (χ1) is 16.6. The van der Waals surface area contributed by atoms with Crippen LogP contribution in [0.1, 0.15) is 27.5 Å². The fourth-order valence-electron chi connectivity index (χ4n) is 3.40. The Hall–Kier alpha value is -3.98. The van der Waals surface area contributed by atoms with Crippen LogP contribution in [0.2, 0.25) is 0 Å². The number of carbonyl (C=O) groups is 2. The monoisotopic (exact) mass is 472 g/mol. The van der Waals surface area contributed by atoms with Crippen molar-refractivity contribution in [3.05, 3.63) is 102 Å². The third kappa shape index (κ3) is 6.29. The molecule has 4 rings (SSSR count). The molecule has 9 heteroatoms. The van der Waals surface area contributed by atoms with Gasteiger partial charge in [-0.2, -0.15) is 0 Å². The van der Waals surface area contributed by atoms with Gasteiger partial charge in [-0.15, -0.1) is 5.10 Å². The van der Waals surface area contributed by atoms with Gasteiger partial charge in [-0.25, -0.2) is 4.68 Å². The van der Waals surface area contributed by atoms with E-state index in [1.165, 1.54) is 16.4 Å². The first-order valence-corrected chi connectivity index (χ1v) is 11.7. The second-order valence-electron chi connectivity index (χ2n) is 7.63. The van der Waals surface area contributed by atoms with E-state index in [1.54, 1.807) is 31.3 Å². The number of aromatic nitrogens is 4. The zero-order chi connectivity index (χ0) is 23.8. The molecule has 1 atom stereocenters. The molecule has 0 aliphatic heterocycles. The highest BCUT2D eigenvalue weighted by molar-refractivity contribution is 7.99. The number of carbonyl (C=O) groups excluding carboxylic acids is 2. The van der Waals surface area contributed by atoms with Crippen molar-refractivity contribution in [2.45, 2.75) is 17.6 Å². The maximum absolute atomic E-state index is 13.0. The van der Waals surface area contributed by atoms with Crippen LogP contribution in [0.5, 0.6) is 0 Å². The molecule has 0 aliphatic rings. The van der Waals surface area contributed by atoms with Gasteiger partial charge in [0.1, 0.15) is 0 Å². The minimum atomic E-state index is -0.183. The summed E-state index contributed by atoms with van der Waals surface area (Å²) in [7, 11) is 1.71. The molecule has 0 spiro atoms. The molecule has 172 valence electrons. The molecule has 0 saturated heterocycles. The van der Waals surface area contributed by atoms with Crippen molar-refractivity contribution in [1.82, 2.24) is 25.5 Å². The molecule has 3 aromatic carbocycles. The van der Waals surface area contributed by atoms with Gasteiger partial charge in [-0.05, 0) is 52.2 Å². The van der Waals surface area contributed by atoms with Gasteiger partial charge in [0, 0.05) is 18.3 Å². The zero-order valence-corrected chi connectivity index (χ0v) is 19.4. The summed E-state index contributed by atoms with van der Waals surface area (Å²) >= 11 is 1.25. The third-order valence-corrected chi connectivity index (χ3v) is 6.14. The molecule has 0 bridgehead atoms. The summed E-state index contributed by atoms with van der Waals surface area (Å²) < 4.78 is 1.51. The first-order valence-electron chi connectivity index (χ1n) is 10.7. The lowest BCUT2D eigenvalue weighted by Gasteiger charge is -2.20. The summed E-state index contributed by atoms with van der Waals surface area (Å²) in [5.74, 6) is -0.181. The largest absolute Gasteiger partial charge is 0.345 e. The molecule has 1 aromatic heterocycles. The highest BCUT2D eigenvalue weighted by Crippen LogP contribution is 2.20. The number of hydrogen-bond donors (Lipinski definition) is 2. The van der Waals surface area contributed by atoms with E-state index in [4.69, 9.17) is 0 Å². The van der Waals surface area contributed by atoms with Gasteiger partial charge >= 0.3 is 0 Å². The fourth-order valence-corrected chi connectivity index (χ4v) is 4.05. The quantitative estimate of drug-likeness (QED) is 0.361. The van der Waals surface area contributed by atoms with Crippen molar-refractivity contribution in [3.63, 3.8) is 0 Å². The van der Waals surface area contributed by atoms with Crippen LogP contribution in [0, 0.1) is 0 Å². The number of amides is 2. The molecule has 0 aliphatic carbocycles. The Morgan fingerprint density at radius 2 is 1.62 bits per heavy atom. The molecular weight excluding hydrogens is 448 g/mol. The van der Waals surface area contributed by atoms with E-state index in [2.05, 4.69) is 38.3 Å². The number of rotatable bonds is 9. The fraction of sp³-hybridized carbons (Fsp3) is 0.160. The van der Waals surface area contributed by atoms with Gasteiger partial charge in [0.25, 0.3) is 5.91 Å². The van der Waals surface area contributed by atoms with Gasteiger partial charge in [-0.3, -0.25) is 9.59 Å². The summed E-state index contributed by atoms with van der Waals surface area (Å²) in [5.41, 5.74) is 3.32. The van der Waals surface area contributed by atoms with E-state index in [-0.39, 0.29) is 23.6 Å². The van der Waals surface area contributed by atoms with Crippen LogP contribution in [0.25, 0.3) is 0 Å². The number of thioether (sulfide) groups is 1. The van der Waals surface area contributed by atoms with Crippen LogP contribution >= 0.6 is 11.8 Å². The minimum absolute atomic E-state index is 0.164. The molecule has 0 radical (unpaired) electrons. The smallest absolute Gasteiger partial charge is 0.251 e. The van der Waals surface area contributed by atoms with Gasteiger partial charge in [0.15, 0.2) is 0 Å². The van der Waals surface area contributed by atoms with Crippen LogP contribution in [-0.4, -0.2) is 37.8 Å². The molecule has 34 heavy (non-hydrogen) atoms. The molecule has 0 unspecified atom stereocenters. The van der Waals surface area contributed by atoms with Crippen molar-refractivity contribution < 1.29 is 9.59 Å². The maximum Gasteiger partial charge on any atom is 0.251 e. The average Bonchev–Trinajstić information content (AvgIpc) is 3.28. The van der Waals surface area contributed by atoms with E-state index >= 15 is 0 Å². The summed E-state index contributed by atoms with van der Waals surface area (Å²) in [5, 5.41) is 17.6. The minimum Gasteiger partial charge on any atom is -0.345 e. The second kappa shape index (κ2) is 11.2. The number of nitrogens with one attached hydrogen (secondary N) is 2. The van der Waals surface area contributed by atoms with Crippen LogP contribution in [-0.2, 0) is 18.3 Å². The number of benzene rings is 3. The third-order valence-electron chi connectivity index (χ3n) is 5.13. The highest BCUT2D eigenvalue weighted by Gasteiger charge is 2.17. The van der Waals surface area contributed by atoms with Crippen molar-refractivity contribution in [2.24, 2.45) is 7.05 Å². The van der Waals surface area contributed by atoms with E-state index in [0.717, 1.165) is 11.1 Å². The SMILES string of the molecule is Cn1nnnc1SCC(=O)Nc1ccc(C(=O)N[C@H](Cc2ccccc2)c2ccccc2)cc1. The normalized spacial score (nSPS) is 11.6. The lowest BCUT2D eigenvalue weighted by molar-refractivity contribution is -0.113. The van der Waals surface area contributed by atoms with Gasteiger partial charge in [0.05, 0.1) is 11.8 Å². The summed E-state index contributed by atoms with van der Waals surface area (Å²) in [6.45, 7) is 0. The Balaban J connectivity index is 1.37. The average molecular weight is 473 g/mol. The van der Waals surface area contributed by atoms with Crippen LogP contribution < -0.4 is 10.6 Å². The predicted molar refractivity (Wildman–Crippen MR) is 131 cm³/mol. The molecule has 1 heterocycles. The topological polar surface area (TPSA) is 102 Å². The van der Waals surface area contributed by atoms with Crippen molar-refractivity contribution in [2.75, 3.05) is 11.1 Å². The van der Waals surface area contributed by atoms with Crippen molar-refractivity contribution in [3.8, 4) is 0 Å². The molecular formula is C25H24N6O2S. The Kier molecular flexibility index (Phi) is 7.67. The number of aryl methyl sites for hydroxylation is 1. The van der Waals surface area contributed by atoms with Crippen molar-refractivity contribution >= 4 is 29.3 Å². The number of anilines is 1. The summed E-state index contributed by atoms with van der Waals surface area (Å²) in [6, 6.07) is 26.7. The van der Waals surface area contributed by atoms with Crippen LogP contribution in [0.3, 0.4) is 0 Å². The van der Waals surface area contributed by atoms with E-state index < -0.39 is 0 Å². The van der Waals surface area contributed by atoms with Crippen molar-refractivity contribution in [1.29, 1.82) is 0 Å². The van der Waals surface area contributed by atoms with Crippen LogP contribution in [0.15, 0.2) is 90.1 Å². The molecule has 4 aromatic rings. The van der Waals surface area contributed by atoms with Crippen LogP contribution in [0.4, 0.5) is 5.69 Å². The predicted octanol–water partition coefficient (Wildman–Crippen LogP) is 3.65. The molecule has 0 fully saturated rings. The van der Waals surface area contributed by atoms with Gasteiger partial charge in [-0.1, -0.05) is 72.4 Å². The van der Waals surface area contributed by atoms with E-state index in [0.29, 0.717) is 22.8 Å². The molecule has 2 amide bonds.